The Bertz CT molecular complexity index is 1560. The zero-order valence-corrected chi connectivity index (χ0v) is 25.6. The molecule has 2 atom stereocenters. The Morgan fingerprint density at radius 2 is 1.86 bits per heavy atom. The Kier molecular flexibility index (Phi) is 8.23. The van der Waals surface area contributed by atoms with Crippen LogP contribution in [0.4, 0.5) is 0 Å². The molecule has 0 saturated heterocycles. The van der Waals surface area contributed by atoms with Crippen molar-refractivity contribution in [2.24, 2.45) is 5.92 Å². The van der Waals surface area contributed by atoms with Gasteiger partial charge in [-0.05, 0) is 68.0 Å². The van der Waals surface area contributed by atoms with Crippen molar-refractivity contribution in [1.29, 1.82) is 0 Å². The number of Topliss-reactive ketones (excluding diaryl/α,β-unsaturated/α-hetero) is 1. The molecule has 42 heavy (non-hydrogen) atoms. The lowest BCUT2D eigenvalue weighted by molar-refractivity contribution is -0.124. The molecule has 0 bridgehead atoms. The highest BCUT2D eigenvalue weighted by Crippen LogP contribution is 2.55. The third kappa shape index (κ3) is 5.83. The van der Waals surface area contributed by atoms with E-state index in [4.69, 9.17) is 18.6 Å². The fraction of sp³-hybridized carbons (Fsp3) is 0.514. The highest BCUT2D eigenvalue weighted by Gasteiger charge is 2.48. The van der Waals surface area contributed by atoms with Gasteiger partial charge in [-0.25, -0.2) is 9.59 Å². The van der Waals surface area contributed by atoms with Gasteiger partial charge in [0.15, 0.2) is 0 Å². The average molecular weight is 575 g/mol. The first kappa shape index (κ1) is 29.9. The fourth-order valence-corrected chi connectivity index (χ4v) is 6.68. The zero-order chi connectivity index (χ0) is 30.2. The maximum Gasteiger partial charge on any atom is 0.351 e. The van der Waals surface area contributed by atoms with Crippen LogP contribution in [-0.4, -0.2) is 24.5 Å². The van der Waals surface area contributed by atoms with Gasteiger partial charge in [0.1, 0.15) is 39.8 Å². The highest BCUT2D eigenvalue weighted by atomic mass is 16.5. The van der Waals surface area contributed by atoms with Crippen molar-refractivity contribution in [3.63, 3.8) is 0 Å². The van der Waals surface area contributed by atoms with Crippen LogP contribution < -0.4 is 19.8 Å². The van der Waals surface area contributed by atoms with E-state index in [1.165, 1.54) is 26.0 Å². The smallest absolute Gasteiger partial charge is 0.351 e. The summed E-state index contributed by atoms with van der Waals surface area (Å²) in [5, 5.41) is 0.578. The molecular formula is C35H42O7. The molecule has 2 aromatic carbocycles. The van der Waals surface area contributed by atoms with Crippen molar-refractivity contribution in [3.05, 3.63) is 63.5 Å². The number of esters is 1. The molecule has 0 N–H and O–H groups in total. The van der Waals surface area contributed by atoms with Crippen LogP contribution in [0.1, 0.15) is 113 Å². The molecule has 1 aliphatic heterocycles. The number of carbonyl (C=O) groups excluding carboxylic acids is 2. The summed E-state index contributed by atoms with van der Waals surface area (Å²) in [6, 6.07) is 10.5. The van der Waals surface area contributed by atoms with Crippen molar-refractivity contribution >= 4 is 22.7 Å². The molecule has 1 saturated carbocycles. The van der Waals surface area contributed by atoms with E-state index in [9.17, 15) is 14.4 Å². The van der Waals surface area contributed by atoms with E-state index in [-0.39, 0.29) is 28.6 Å². The van der Waals surface area contributed by atoms with Crippen LogP contribution >= 0.6 is 0 Å². The largest absolute Gasteiger partial charge is 0.497 e. The van der Waals surface area contributed by atoms with Crippen LogP contribution in [0, 0.1) is 5.92 Å². The number of ketones is 1. The van der Waals surface area contributed by atoms with E-state index in [0.29, 0.717) is 47.5 Å². The summed E-state index contributed by atoms with van der Waals surface area (Å²) in [5.74, 6) is 0.886. The summed E-state index contributed by atoms with van der Waals surface area (Å²) in [6.45, 7) is 10.7. The van der Waals surface area contributed by atoms with E-state index in [2.05, 4.69) is 40.7 Å². The Hall–Kier alpha value is -3.61. The molecule has 2 aliphatic rings. The van der Waals surface area contributed by atoms with E-state index < -0.39 is 17.2 Å². The van der Waals surface area contributed by atoms with Gasteiger partial charge in [0.25, 0.3) is 0 Å². The highest BCUT2D eigenvalue weighted by molar-refractivity contribution is 5.94. The van der Waals surface area contributed by atoms with Gasteiger partial charge in [0.2, 0.25) is 0 Å². The number of benzene rings is 2. The molecule has 5 rings (SSSR count). The van der Waals surface area contributed by atoms with Crippen molar-refractivity contribution in [2.75, 3.05) is 7.11 Å². The lowest BCUT2D eigenvalue weighted by Crippen LogP contribution is -2.47. The first-order valence-electron chi connectivity index (χ1n) is 15.2. The third-order valence-corrected chi connectivity index (χ3v) is 9.21. The number of ether oxygens (including phenoxy) is 3. The molecule has 0 spiro atoms. The molecule has 224 valence electrons. The molecule has 1 fully saturated rings. The second-order valence-corrected chi connectivity index (χ2v) is 13.0. The maximum atomic E-state index is 13.6. The Labute approximate surface area is 247 Å². The van der Waals surface area contributed by atoms with Gasteiger partial charge in [-0.1, -0.05) is 46.5 Å². The summed E-state index contributed by atoms with van der Waals surface area (Å²) in [5.41, 5.74) is 0.376. The molecule has 3 aromatic rings. The SMILES string of the molecule is CCCCCCC(C)(C)c1cc(OC(=O)c2cc3ccc(OC)cc3oc2=O)c2c(c1)OC(C)(C)C1CCC(=O)CC21. The molecule has 7 nitrogen and oxygen atoms in total. The van der Waals surface area contributed by atoms with Crippen molar-refractivity contribution in [2.45, 2.75) is 103 Å². The van der Waals surface area contributed by atoms with Gasteiger partial charge in [0.05, 0.1) is 7.11 Å². The lowest BCUT2D eigenvalue weighted by atomic mass is 9.66. The van der Waals surface area contributed by atoms with Gasteiger partial charge in [-0.2, -0.15) is 0 Å². The zero-order valence-electron chi connectivity index (χ0n) is 25.6. The van der Waals surface area contributed by atoms with E-state index in [0.717, 1.165) is 30.4 Å². The van der Waals surface area contributed by atoms with Crippen molar-refractivity contribution in [1.82, 2.24) is 0 Å². The number of fused-ring (bicyclic) bond motifs is 4. The number of hydrogen-bond donors (Lipinski definition) is 0. The van der Waals surface area contributed by atoms with Crippen LogP contribution in [0.2, 0.25) is 0 Å². The minimum absolute atomic E-state index is 0.0915. The first-order chi connectivity index (χ1) is 19.9. The summed E-state index contributed by atoms with van der Waals surface area (Å²) < 4.78 is 23.4. The summed E-state index contributed by atoms with van der Waals surface area (Å²) in [4.78, 5) is 39.3. The topological polar surface area (TPSA) is 92.0 Å². The quantitative estimate of drug-likeness (QED) is 0.111. The van der Waals surface area contributed by atoms with Crippen molar-refractivity contribution in [3.8, 4) is 17.2 Å². The van der Waals surface area contributed by atoms with Crippen LogP contribution in [0.15, 0.2) is 45.6 Å². The van der Waals surface area contributed by atoms with Crippen LogP contribution in [0.5, 0.6) is 17.2 Å². The van der Waals surface area contributed by atoms with E-state index in [1.54, 1.807) is 18.2 Å². The summed E-state index contributed by atoms with van der Waals surface area (Å²) in [7, 11) is 1.53. The molecule has 2 unspecified atom stereocenters. The molecule has 0 radical (unpaired) electrons. The molecule has 0 amide bonds. The Morgan fingerprint density at radius 3 is 2.60 bits per heavy atom. The molecule has 7 heteroatoms. The van der Waals surface area contributed by atoms with Gasteiger partial charge in [-0.15, -0.1) is 0 Å². The van der Waals surface area contributed by atoms with E-state index >= 15 is 0 Å². The molecule has 1 aliphatic carbocycles. The summed E-state index contributed by atoms with van der Waals surface area (Å²) >= 11 is 0. The Balaban J connectivity index is 1.58. The predicted molar refractivity (Wildman–Crippen MR) is 162 cm³/mol. The molecule has 1 aromatic heterocycles. The first-order valence-corrected chi connectivity index (χ1v) is 15.2. The number of rotatable bonds is 9. The lowest BCUT2D eigenvalue weighted by Gasteiger charge is -2.47. The minimum Gasteiger partial charge on any atom is -0.497 e. The average Bonchev–Trinajstić information content (AvgIpc) is 2.93. The standard InChI is InChI=1S/C35H42O7/c1-7-8-9-10-15-34(2,3)22-17-29(31-25-19-23(36)12-14-27(25)35(4,5)42-30(31)18-22)41-33(38)26-16-21-11-13-24(39-6)20-28(21)40-32(26)37/h11,13,16-18,20,25,27H,7-10,12,14-15,19H2,1-6H3. The molecule has 2 heterocycles. The van der Waals surface area contributed by atoms with Gasteiger partial charge < -0.3 is 18.6 Å². The molecular weight excluding hydrogens is 532 g/mol. The normalized spacial score (nSPS) is 19.5. The number of methoxy groups -OCH3 is 1. The monoisotopic (exact) mass is 574 g/mol. The number of carbonyl (C=O) groups is 2. The predicted octanol–water partition coefficient (Wildman–Crippen LogP) is 7.89. The van der Waals surface area contributed by atoms with E-state index in [1.807, 2.05) is 6.07 Å². The second kappa shape index (κ2) is 11.6. The summed E-state index contributed by atoms with van der Waals surface area (Å²) in [6.07, 6.45) is 7.17. The van der Waals surface area contributed by atoms with Gasteiger partial charge in [0, 0.05) is 41.7 Å². The van der Waals surface area contributed by atoms with Crippen molar-refractivity contribution < 1.29 is 28.2 Å². The van der Waals surface area contributed by atoms with Crippen LogP contribution in [-0.2, 0) is 10.2 Å². The van der Waals surface area contributed by atoms with Gasteiger partial charge in [-0.3, -0.25) is 4.79 Å². The number of unbranched alkanes of at least 4 members (excludes halogenated alkanes) is 3. The van der Waals surface area contributed by atoms with Crippen LogP contribution in [0.25, 0.3) is 11.0 Å². The fourth-order valence-electron chi connectivity index (χ4n) is 6.68. The third-order valence-electron chi connectivity index (χ3n) is 9.21. The van der Waals surface area contributed by atoms with Crippen LogP contribution in [0.3, 0.4) is 0 Å². The number of hydrogen-bond acceptors (Lipinski definition) is 7. The second-order valence-electron chi connectivity index (χ2n) is 13.0. The Morgan fingerprint density at radius 1 is 1.07 bits per heavy atom. The van der Waals surface area contributed by atoms with Gasteiger partial charge >= 0.3 is 11.6 Å². The minimum atomic E-state index is -0.801. The maximum absolute atomic E-state index is 13.6.